The van der Waals surface area contributed by atoms with Crippen LogP contribution >= 0.6 is 0 Å². The van der Waals surface area contributed by atoms with Crippen LogP contribution in [0.25, 0.3) is 6.08 Å². The molecule has 1 aromatic heterocycles. The fourth-order valence-electron chi connectivity index (χ4n) is 4.26. The summed E-state index contributed by atoms with van der Waals surface area (Å²) in [5.74, 6) is 0. The molecule has 0 saturated carbocycles. The van der Waals surface area contributed by atoms with Gasteiger partial charge in [-0.1, -0.05) is 42.5 Å². The predicted molar refractivity (Wildman–Crippen MR) is 122 cm³/mol. The molecule has 3 heterocycles. The minimum Gasteiger partial charge on any atom is -0.376 e. The van der Waals surface area contributed by atoms with Crippen molar-refractivity contribution < 1.29 is 13.2 Å². The van der Waals surface area contributed by atoms with Crippen molar-refractivity contribution in [3.05, 3.63) is 53.9 Å². The Morgan fingerprint density at radius 1 is 1.13 bits per heavy atom. The molecule has 1 atom stereocenters. The van der Waals surface area contributed by atoms with Crippen molar-refractivity contribution in [1.82, 2.24) is 19.4 Å². The monoisotopic (exact) mass is 444 g/mol. The first-order chi connectivity index (χ1) is 15.0. The highest BCUT2D eigenvalue weighted by atomic mass is 32.2. The van der Waals surface area contributed by atoms with Crippen LogP contribution in [0.2, 0.25) is 0 Å². The van der Waals surface area contributed by atoms with E-state index in [1.165, 1.54) is 11.8 Å². The van der Waals surface area contributed by atoms with Gasteiger partial charge in [-0.25, -0.2) is 13.4 Å². The maximum Gasteiger partial charge on any atom is 0.227 e. The number of piperazine rings is 1. The zero-order valence-electron chi connectivity index (χ0n) is 18.2. The average molecular weight is 445 g/mol. The van der Waals surface area contributed by atoms with Crippen molar-refractivity contribution in [3.8, 4) is 0 Å². The molecule has 0 radical (unpaired) electrons. The van der Waals surface area contributed by atoms with Crippen LogP contribution in [0.3, 0.4) is 0 Å². The molecule has 0 aliphatic carbocycles. The number of imidazole rings is 1. The topological polar surface area (TPSA) is 67.7 Å². The van der Waals surface area contributed by atoms with Crippen molar-refractivity contribution in [3.63, 3.8) is 0 Å². The molecule has 2 fully saturated rings. The smallest absolute Gasteiger partial charge is 0.227 e. The first-order valence-corrected chi connectivity index (χ1v) is 12.9. The van der Waals surface area contributed by atoms with E-state index < -0.39 is 9.84 Å². The summed E-state index contributed by atoms with van der Waals surface area (Å²) in [5.41, 5.74) is 2.18. The number of benzene rings is 1. The normalized spacial score (nSPS) is 21.3. The Kier molecular flexibility index (Phi) is 7.22. The van der Waals surface area contributed by atoms with Crippen LogP contribution in [0.5, 0.6) is 0 Å². The zero-order chi connectivity index (χ0) is 21.7. The average Bonchev–Trinajstić information content (AvgIpc) is 3.41. The molecule has 0 N–H and O–H groups in total. The maximum absolute atomic E-state index is 12.2. The fourth-order valence-corrected chi connectivity index (χ4v) is 5.10. The Labute approximate surface area is 185 Å². The number of rotatable bonds is 8. The van der Waals surface area contributed by atoms with E-state index in [9.17, 15) is 8.42 Å². The largest absolute Gasteiger partial charge is 0.376 e. The molecule has 4 rings (SSSR count). The molecule has 0 spiro atoms. The van der Waals surface area contributed by atoms with Crippen LogP contribution < -0.4 is 0 Å². The Hall–Kier alpha value is -2.00. The van der Waals surface area contributed by atoms with Gasteiger partial charge in [-0.3, -0.25) is 9.80 Å². The van der Waals surface area contributed by atoms with E-state index in [1.54, 1.807) is 6.20 Å². The van der Waals surface area contributed by atoms with Gasteiger partial charge >= 0.3 is 0 Å². The summed E-state index contributed by atoms with van der Waals surface area (Å²) < 4.78 is 32.1. The quantitative estimate of drug-likeness (QED) is 0.622. The summed E-state index contributed by atoms with van der Waals surface area (Å²) in [6.45, 7) is 6.87. The standard InChI is InChI=1S/C23H32N4O3S/c1-31(28,29)23-24-17-21(27(23)19-22-10-6-16-30-22)18-26-14-12-25(13-15-26)11-5-9-20-7-3-2-4-8-20/h2-5,7-9,17,22H,6,10-16,18-19H2,1H3/b9-5+/t22-/m0/s1. The van der Waals surface area contributed by atoms with Crippen LogP contribution in [0.15, 0.2) is 47.8 Å². The molecular weight excluding hydrogens is 412 g/mol. The summed E-state index contributed by atoms with van der Waals surface area (Å²) in [7, 11) is -3.38. The second kappa shape index (κ2) is 10.1. The Morgan fingerprint density at radius 3 is 2.55 bits per heavy atom. The van der Waals surface area contributed by atoms with Gasteiger partial charge in [0, 0.05) is 52.1 Å². The van der Waals surface area contributed by atoms with Gasteiger partial charge in [0.25, 0.3) is 0 Å². The molecule has 2 aromatic rings. The lowest BCUT2D eigenvalue weighted by atomic mass is 10.2. The van der Waals surface area contributed by atoms with Gasteiger partial charge in [-0.15, -0.1) is 0 Å². The minimum absolute atomic E-state index is 0.0710. The highest BCUT2D eigenvalue weighted by Crippen LogP contribution is 2.20. The third-order valence-electron chi connectivity index (χ3n) is 5.97. The van der Waals surface area contributed by atoms with Gasteiger partial charge in [0.05, 0.1) is 24.5 Å². The highest BCUT2D eigenvalue weighted by Gasteiger charge is 2.25. The summed E-state index contributed by atoms with van der Waals surface area (Å²) in [5, 5.41) is 0.155. The predicted octanol–water partition coefficient (Wildman–Crippen LogP) is 2.30. The van der Waals surface area contributed by atoms with E-state index in [4.69, 9.17) is 4.74 Å². The van der Waals surface area contributed by atoms with E-state index in [2.05, 4.69) is 51.2 Å². The third-order valence-corrected chi connectivity index (χ3v) is 6.96. The number of nitrogens with zero attached hydrogens (tertiary/aromatic N) is 4. The van der Waals surface area contributed by atoms with Crippen LogP contribution in [-0.4, -0.2) is 79.5 Å². The van der Waals surface area contributed by atoms with Crippen LogP contribution in [0, 0.1) is 0 Å². The van der Waals surface area contributed by atoms with Crippen molar-refractivity contribution in [2.45, 2.75) is 37.2 Å². The van der Waals surface area contributed by atoms with Gasteiger partial charge < -0.3 is 9.30 Å². The number of sulfone groups is 1. The van der Waals surface area contributed by atoms with Crippen LogP contribution in [-0.2, 0) is 27.7 Å². The Bertz CT molecular complexity index is 974. The van der Waals surface area contributed by atoms with Gasteiger partial charge in [-0.05, 0) is 18.4 Å². The first kappa shape index (κ1) is 22.2. The van der Waals surface area contributed by atoms with Crippen LogP contribution in [0.1, 0.15) is 24.1 Å². The Morgan fingerprint density at radius 2 is 1.87 bits per heavy atom. The highest BCUT2D eigenvalue weighted by molar-refractivity contribution is 7.90. The van der Waals surface area contributed by atoms with Gasteiger partial charge in [0.1, 0.15) is 0 Å². The fraction of sp³-hybridized carbons (Fsp3) is 0.522. The maximum atomic E-state index is 12.2. The summed E-state index contributed by atoms with van der Waals surface area (Å²) >= 11 is 0. The van der Waals surface area contributed by atoms with E-state index in [0.717, 1.165) is 57.9 Å². The third kappa shape index (κ3) is 6.04. The molecule has 168 valence electrons. The molecule has 2 aliphatic rings. The lowest BCUT2D eigenvalue weighted by Gasteiger charge is -2.34. The molecule has 2 saturated heterocycles. The molecule has 0 unspecified atom stereocenters. The second-order valence-electron chi connectivity index (χ2n) is 8.44. The molecule has 0 amide bonds. The molecule has 7 nitrogen and oxygen atoms in total. The van der Waals surface area contributed by atoms with E-state index >= 15 is 0 Å². The zero-order valence-corrected chi connectivity index (χ0v) is 19.0. The van der Waals surface area contributed by atoms with Crippen molar-refractivity contribution in [1.29, 1.82) is 0 Å². The number of hydrogen-bond acceptors (Lipinski definition) is 6. The summed E-state index contributed by atoms with van der Waals surface area (Å²) in [4.78, 5) is 9.08. The van der Waals surface area contributed by atoms with Crippen LogP contribution in [0.4, 0.5) is 0 Å². The van der Waals surface area contributed by atoms with E-state index in [-0.39, 0.29) is 11.3 Å². The van der Waals surface area contributed by atoms with Gasteiger partial charge in [-0.2, -0.15) is 0 Å². The molecule has 8 heteroatoms. The van der Waals surface area contributed by atoms with Crippen molar-refractivity contribution in [2.75, 3.05) is 45.6 Å². The van der Waals surface area contributed by atoms with E-state index in [0.29, 0.717) is 13.1 Å². The number of aromatic nitrogens is 2. The van der Waals surface area contributed by atoms with Gasteiger partial charge in [0.15, 0.2) is 0 Å². The van der Waals surface area contributed by atoms with Crippen molar-refractivity contribution in [2.24, 2.45) is 0 Å². The summed E-state index contributed by atoms with van der Waals surface area (Å²) in [6.07, 6.45) is 9.41. The number of ether oxygens (including phenoxy) is 1. The second-order valence-corrected chi connectivity index (χ2v) is 10.3. The lowest BCUT2D eigenvalue weighted by Crippen LogP contribution is -2.46. The van der Waals surface area contributed by atoms with Gasteiger partial charge in [0.2, 0.25) is 15.0 Å². The van der Waals surface area contributed by atoms with E-state index in [1.807, 2.05) is 10.6 Å². The molecular formula is C23H32N4O3S. The minimum atomic E-state index is -3.38. The first-order valence-electron chi connectivity index (χ1n) is 11.0. The van der Waals surface area contributed by atoms with Crippen molar-refractivity contribution >= 4 is 15.9 Å². The Balaban J connectivity index is 1.33. The lowest BCUT2D eigenvalue weighted by molar-refractivity contribution is 0.0918. The molecule has 0 bridgehead atoms. The molecule has 1 aromatic carbocycles. The molecule has 2 aliphatic heterocycles. The SMILES string of the molecule is CS(=O)(=O)c1ncc(CN2CCN(C/C=C/c3ccccc3)CC2)n1C[C@@H]1CCCO1. The number of hydrogen-bond donors (Lipinski definition) is 0. The summed E-state index contributed by atoms with van der Waals surface area (Å²) in [6, 6.07) is 10.4. The molecule has 31 heavy (non-hydrogen) atoms.